The summed E-state index contributed by atoms with van der Waals surface area (Å²) in [6.07, 6.45) is 0. The number of amides is 2. The fourth-order valence-electron chi connectivity index (χ4n) is 1.83. The monoisotopic (exact) mass is 410 g/mol. The molecule has 2 N–H and O–H groups in total. The summed E-state index contributed by atoms with van der Waals surface area (Å²) in [6, 6.07) is 14.5. The van der Waals surface area contributed by atoms with Crippen molar-refractivity contribution in [1.29, 1.82) is 0 Å². The zero-order chi connectivity index (χ0) is 15.9. The fourth-order valence-corrected chi connectivity index (χ4v) is 2.19. The van der Waals surface area contributed by atoms with Crippen LogP contribution in [-0.2, 0) is 16.1 Å². The molecule has 0 aliphatic heterocycles. The molecule has 2 amide bonds. The maximum Gasteiger partial charge on any atom is 0.313 e. The lowest BCUT2D eigenvalue weighted by Gasteiger charge is -2.09. The number of nitrogens with one attached hydrogen (secondary N) is 2. The predicted molar refractivity (Wildman–Crippen MR) is 92.6 cm³/mol. The van der Waals surface area contributed by atoms with Gasteiger partial charge in [0.2, 0.25) is 0 Å². The van der Waals surface area contributed by atoms with Crippen LogP contribution < -0.4 is 15.4 Å². The first-order chi connectivity index (χ1) is 10.6. The van der Waals surface area contributed by atoms with Crippen molar-refractivity contribution in [2.45, 2.75) is 6.54 Å². The predicted octanol–water partition coefficient (Wildman–Crippen LogP) is 2.55. The van der Waals surface area contributed by atoms with Crippen LogP contribution >= 0.6 is 22.6 Å². The smallest absolute Gasteiger partial charge is 0.313 e. The van der Waals surface area contributed by atoms with Crippen LogP contribution in [0.15, 0.2) is 48.5 Å². The van der Waals surface area contributed by atoms with Crippen molar-refractivity contribution in [3.63, 3.8) is 0 Å². The number of methoxy groups -OCH3 is 1. The molecule has 0 saturated carbocycles. The Labute approximate surface area is 142 Å². The Hall–Kier alpha value is -2.09. The van der Waals surface area contributed by atoms with Crippen molar-refractivity contribution in [3.8, 4) is 5.75 Å². The van der Waals surface area contributed by atoms with Crippen LogP contribution in [0.3, 0.4) is 0 Å². The van der Waals surface area contributed by atoms with E-state index in [-0.39, 0.29) is 6.54 Å². The highest BCUT2D eigenvalue weighted by Crippen LogP contribution is 2.16. The van der Waals surface area contributed by atoms with Gasteiger partial charge in [-0.25, -0.2) is 0 Å². The molecule has 0 aliphatic carbocycles. The zero-order valence-corrected chi connectivity index (χ0v) is 14.1. The van der Waals surface area contributed by atoms with E-state index in [0.717, 1.165) is 9.13 Å². The molecule has 0 bridgehead atoms. The Morgan fingerprint density at radius 2 is 1.73 bits per heavy atom. The minimum absolute atomic E-state index is 0.225. The van der Waals surface area contributed by atoms with Crippen LogP contribution in [0.2, 0.25) is 0 Å². The summed E-state index contributed by atoms with van der Waals surface area (Å²) < 4.78 is 6.24. The van der Waals surface area contributed by atoms with E-state index in [9.17, 15) is 9.59 Å². The molecule has 114 valence electrons. The number of hydrogen-bond acceptors (Lipinski definition) is 3. The van der Waals surface area contributed by atoms with Crippen LogP contribution in [0, 0.1) is 3.57 Å². The zero-order valence-electron chi connectivity index (χ0n) is 11.9. The Morgan fingerprint density at radius 1 is 1.05 bits per heavy atom. The maximum atomic E-state index is 11.8. The molecule has 22 heavy (non-hydrogen) atoms. The molecule has 0 atom stereocenters. The van der Waals surface area contributed by atoms with E-state index >= 15 is 0 Å². The van der Waals surface area contributed by atoms with E-state index in [1.54, 1.807) is 25.3 Å². The second kappa shape index (κ2) is 7.79. The highest BCUT2D eigenvalue weighted by molar-refractivity contribution is 14.1. The van der Waals surface area contributed by atoms with Crippen molar-refractivity contribution >= 4 is 40.1 Å². The molecule has 0 fully saturated rings. The Kier molecular flexibility index (Phi) is 5.76. The number of benzene rings is 2. The average Bonchev–Trinajstić information content (AvgIpc) is 2.54. The molecule has 2 aromatic carbocycles. The number of hydrogen-bond donors (Lipinski definition) is 2. The van der Waals surface area contributed by atoms with Gasteiger partial charge in [0.25, 0.3) is 0 Å². The lowest BCUT2D eigenvalue weighted by Crippen LogP contribution is -2.35. The summed E-state index contributed by atoms with van der Waals surface area (Å²) in [7, 11) is 1.56. The van der Waals surface area contributed by atoms with Gasteiger partial charge in [-0.2, -0.15) is 0 Å². The number of halogens is 1. The first-order valence-electron chi connectivity index (χ1n) is 6.57. The van der Waals surface area contributed by atoms with Crippen molar-refractivity contribution in [1.82, 2.24) is 5.32 Å². The van der Waals surface area contributed by atoms with Gasteiger partial charge in [-0.05, 0) is 52.9 Å². The van der Waals surface area contributed by atoms with Gasteiger partial charge in [0, 0.05) is 21.4 Å². The summed E-state index contributed by atoms with van der Waals surface area (Å²) in [5, 5.41) is 5.12. The summed E-state index contributed by atoms with van der Waals surface area (Å²) in [6.45, 7) is 0.225. The first-order valence-corrected chi connectivity index (χ1v) is 7.64. The summed E-state index contributed by atoms with van der Waals surface area (Å²) >= 11 is 2.17. The Balaban J connectivity index is 1.91. The van der Waals surface area contributed by atoms with Gasteiger partial charge in [-0.15, -0.1) is 0 Å². The summed E-state index contributed by atoms with van der Waals surface area (Å²) in [5.41, 5.74) is 1.39. The Morgan fingerprint density at radius 3 is 2.41 bits per heavy atom. The van der Waals surface area contributed by atoms with E-state index in [4.69, 9.17) is 4.74 Å². The SMILES string of the molecule is COc1ccccc1CNC(=O)C(=O)Nc1ccc(I)cc1. The second-order valence-electron chi connectivity index (χ2n) is 4.46. The minimum atomic E-state index is -0.698. The number of carbonyl (C=O) groups excluding carboxylic acids is 2. The van der Waals surface area contributed by atoms with Gasteiger partial charge in [0.05, 0.1) is 7.11 Å². The molecular weight excluding hydrogens is 395 g/mol. The van der Waals surface area contributed by atoms with E-state index in [2.05, 4.69) is 33.2 Å². The Bertz CT molecular complexity index is 671. The number of para-hydroxylation sites is 1. The molecule has 0 heterocycles. The highest BCUT2D eigenvalue weighted by atomic mass is 127. The van der Waals surface area contributed by atoms with Crippen LogP contribution in [0.1, 0.15) is 5.56 Å². The third-order valence-corrected chi connectivity index (χ3v) is 3.66. The van der Waals surface area contributed by atoms with Crippen molar-refractivity contribution in [2.24, 2.45) is 0 Å². The van der Waals surface area contributed by atoms with Gasteiger partial charge < -0.3 is 15.4 Å². The molecule has 2 aromatic rings. The topological polar surface area (TPSA) is 67.4 Å². The number of carbonyl (C=O) groups is 2. The van der Waals surface area contributed by atoms with E-state index in [1.807, 2.05) is 30.3 Å². The summed E-state index contributed by atoms with van der Waals surface area (Å²) in [5.74, 6) is -0.721. The third kappa shape index (κ3) is 4.45. The van der Waals surface area contributed by atoms with Gasteiger partial charge in [-0.1, -0.05) is 18.2 Å². The molecule has 0 radical (unpaired) electrons. The van der Waals surface area contributed by atoms with Crippen molar-refractivity contribution < 1.29 is 14.3 Å². The molecule has 6 heteroatoms. The molecule has 0 saturated heterocycles. The molecule has 2 rings (SSSR count). The molecular formula is C16H15IN2O3. The fraction of sp³-hybridized carbons (Fsp3) is 0.125. The van der Waals surface area contributed by atoms with Gasteiger partial charge in [-0.3, -0.25) is 9.59 Å². The molecule has 5 nitrogen and oxygen atoms in total. The lowest BCUT2D eigenvalue weighted by atomic mass is 10.2. The van der Waals surface area contributed by atoms with Gasteiger partial charge >= 0.3 is 11.8 Å². The molecule has 0 aliphatic rings. The van der Waals surface area contributed by atoms with Gasteiger partial charge in [0.1, 0.15) is 5.75 Å². The lowest BCUT2D eigenvalue weighted by molar-refractivity contribution is -0.136. The third-order valence-electron chi connectivity index (χ3n) is 2.94. The standard InChI is InChI=1S/C16H15IN2O3/c1-22-14-5-3-2-4-11(14)10-18-15(20)16(21)19-13-8-6-12(17)7-9-13/h2-9H,10H2,1H3,(H,18,20)(H,19,21). The largest absolute Gasteiger partial charge is 0.496 e. The first kappa shape index (κ1) is 16.3. The normalized spacial score (nSPS) is 9.91. The van der Waals surface area contributed by atoms with E-state index < -0.39 is 11.8 Å². The van der Waals surface area contributed by atoms with E-state index in [1.165, 1.54) is 0 Å². The molecule has 0 unspecified atom stereocenters. The van der Waals surface area contributed by atoms with Gasteiger partial charge in [0.15, 0.2) is 0 Å². The maximum absolute atomic E-state index is 11.8. The average molecular weight is 410 g/mol. The van der Waals surface area contributed by atoms with E-state index in [0.29, 0.717) is 11.4 Å². The minimum Gasteiger partial charge on any atom is -0.496 e. The van der Waals surface area contributed by atoms with Crippen LogP contribution in [-0.4, -0.2) is 18.9 Å². The second-order valence-corrected chi connectivity index (χ2v) is 5.70. The van der Waals surface area contributed by atoms with Crippen LogP contribution in [0.25, 0.3) is 0 Å². The quantitative estimate of drug-likeness (QED) is 0.602. The molecule has 0 aromatic heterocycles. The number of anilines is 1. The van der Waals surface area contributed by atoms with Crippen molar-refractivity contribution in [3.05, 3.63) is 57.7 Å². The highest BCUT2D eigenvalue weighted by Gasteiger charge is 2.14. The number of rotatable bonds is 4. The summed E-state index contributed by atoms with van der Waals surface area (Å²) in [4.78, 5) is 23.6. The number of ether oxygens (including phenoxy) is 1. The van der Waals surface area contributed by atoms with Crippen molar-refractivity contribution in [2.75, 3.05) is 12.4 Å². The van der Waals surface area contributed by atoms with Crippen LogP contribution in [0.5, 0.6) is 5.75 Å². The molecule has 0 spiro atoms. The van der Waals surface area contributed by atoms with Crippen LogP contribution in [0.4, 0.5) is 5.69 Å².